The number of rotatable bonds is 3. The summed E-state index contributed by atoms with van der Waals surface area (Å²) in [7, 11) is 0. The van der Waals surface area contributed by atoms with Crippen LogP contribution in [0.2, 0.25) is 0 Å². The molecule has 3 rings (SSSR count). The van der Waals surface area contributed by atoms with E-state index in [1.165, 1.54) is 24.4 Å². The molecular weight excluding hydrogens is 297 g/mol. The number of amides is 1. The smallest absolute Gasteiger partial charge is 0.261 e. The largest absolute Gasteiger partial charge is 0.383 e. The van der Waals surface area contributed by atoms with Gasteiger partial charge in [-0.25, -0.2) is 14.4 Å². The number of para-hydroxylation sites is 1. The number of benzene rings is 1. The van der Waals surface area contributed by atoms with Gasteiger partial charge in [-0.05, 0) is 24.3 Å². The predicted octanol–water partition coefficient (Wildman–Crippen LogP) is 2.51. The predicted molar refractivity (Wildman–Crippen MR) is 84.0 cm³/mol. The first-order valence-electron chi connectivity index (χ1n) is 6.74. The molecule has 0 aliphatic heterocycles. The second kappa shape index (κ2) is 6.18. The van der Waals surface area contributed by atoms with Crippen LogP contribution in [0.3, 0.4) is 0 Å². The van der Waals surface area contributed by atoms with Crippen molar-refractivity contribution in [3.8, 4) is 11.4 Å². The van der Waals surface area contributed by atoms with E-state index in [4.69, 9.17) is 5.73 Å². The molecule has 0 aliphatic carbocycles. The van der Waals surface area contributed by atoms with Crippen LogP contribution in [0, 0.1) is 5.82 Å². The van der Waals surface area contributed by atoms with Crippen LogP contribution in [0.25, 0.3) is 11.4 Å². The Morgan fingerprint density at radius 1 is 1.13 bits per heavy atom. The number of nitrogen functional groups attached to an aromatic ring is 1. The zero-order valence-corrected chi connectivity index (χ0v) is 11.9. The Morgan fingerprint density at radius 3 is 2.65 bits per heavy atom. The maximum absolute atomic E-state index is 13.6. The molecule has 0 bridgehead atoms. The fourth-order valence-corrected chi connectivity index (χ4v) is 1.96. The average Bonchev–Trinajstić information content (AvgIpc) is 2.57. The van der Waals surface area contributed by atoms with E-state index in [0.29, 0.717) is 11.4 Å². The van der Waals surface area contributed by atoms with E-state index >= 15 is 0 Å². The highest BCUT2D eigenvalue weighted by molar-refractivity contribution is 6.07. The zero-order valence-electron chi connectivity index (χ0n) is 11.9. The number of nitrogens with two attached hydrogens (primary N) is 1. The summed E-state index contributed by atoms with van der Waals surface area (Å²) in [5.74, 6) is -0.747. The first-order valence-corrected chi connectivity index (χ1v) is 6.74. The Hall–Kier alpha value is -3.35. The van der Waals surface area contributed by atoms with Gasteiger partial charge < -0.3 is 11.1 Å². The summed E-state index contributed by atoms with van der Waals surface area (Å²) in [6.07, 6.45) is 4.53. The van der Waals surface area contributed by atoms with Crippen LogP contribution in [0.15, 0.2) is 55.0 Å². The molecule has 0 radical (unpaired) electrons. The lowest BCUT2D eigenvalue weighted by atomic mass is 10.2. The standard InChI is InChI=1S/C16H12FN5O/c17-12-5-1-2-6-13(12)21-16(23)11-9-20-15(22-14(11)18)10-4-3-7-19-8-10/h1-9H,(H,21,23)(H2,18,20,22). The third-order valence-electron chi connectivity index (χ3n) is 3.10. The van der Waals surface area contributed by atoms with E-state index < -0.39 is 11.7 Å². The van der Waals surface area contributed by atoms with Crippen LogP contribution < -0.4 is 11.1 Å². The summed E-state index contributed by atoms with van der Waals surface area (Å²) in [4.78, 5) is 24.4. The molecule has 2 heterocycles. The van der Waals surface area contributed by atoms with Gasteiger partial charge in [0.2, 0.25) is 0 Å². The SMILES string of the molecule is Nc1nc(-c2cccnc2)ncc1C(=O)Nc1ccccc1F. The lowest BCUT2D eigenvalue weighted by Crippen LogP contribution is -2.16. The molecule has 23 heavy (non-hydrogen) atoms. The maximum atomic E-state index is 13.6. The van der Waals surface area contributed by atoms with E-state index in [0.717, 1.165) is 0 Å². The van der Waals surface area contributed by atoms with Crippen molar-refractivity contribution in [2.24, 2.45) is 0 Å². The Labute approximate surface area is 131 Å². The van der Waals surface area contributed by atoms with Gasteiger partial charge in [0.25, 0.3) is 5.91 Å². The molecule has 0 atom stereocenters. The molecule has 7 heteroatoms. The topological polar surface area (TPSA) is 93.8 Å². The molecule has 0 aliphatic rings. The fraction of sp³-hybridized carbons (Fsp3) is 0. The molecule has 3 aromatic rings. The van der Waals surface area contributed by atoms with Gasteiger partial charge in [-0.2, -0.15) is 0 Å². The van der Waals surface area contributed by atoms with Crippen LogP contribution in [-0.4, -0.2) is 20.9 Å². The normalized spacial score (nSPS) is 10.3. The van der Waals surface area contributed by atoms with Gasteiger partial charge in [-0.15, -0.1) is 0 Å². The minimum Gasteiger partial charge on any atom is -0.383 e. The molecule has 0 saturated heterocycles. The number of pyridine rings is 1. The van der Waals surface area contributed by atoms with Gasteiger partial charge in [0, 0.05) is 24.2 Å². The van der Waals surface area contributed by atoms with Gasteiger partial charge in [-0.1, -0.05) is 12.1 Å². The first-order chi connectivity index (χ1) is 11.1. The first kappa shape index (κ1) is 14.6. The lowest BCUT2D eigenvalue weighted by molar-refractivity contribution is 0.102. The molecule has 1 aromatic carbocycles. The van der Waals surface area contributed by atoms with Crippen molar-refractivity contribution >= 4 is 17.4 Å². The van der Waals surface area contributed by atoms with Crippen LogP contribution in [0.4, 0.5) is 15.9 Å². The highest BCUT2D eigenvalue weighted by Crippen LogP contribution is 2.18. The van der Waals surface area contributed by atoms with Crippen LogP contribution in [0.1, 0.15) is 10.4 Å². The summed E-state index contributed by atoms with van der Waals surface area (Å²) in [6, 6.07) is 9.37. The van der Waals surface area contributed by atoms with Crippen molar-refractivity contribution in [3.63, 3.8) is 0 Å². The Balaban J connectivity index is 1.86. The second-order valence-electron chi connectivity index (χ2n) is 4.67. The summed E-state index contributed by atoms with van der Waals surface area (Å²) >= 11 is 0. The van der Waals surface area contributed by atoms with Crippen molar-refractivity contribution in [3.05, 3.63) is 66.4 Å². The number of nitrogens with one attached hydrogen (secondary N) is 1. The summed E-state index contributed by atoms with van der Waals surface area (Å²) < 4.78 is 13.6. The number of aromatic nitrogens is 3. The summed E-state index contributed by atoms with van der Waals surface area (Å²) in [5, 5.41) is 2.44. The molecule has 1 amide bonds. The fourth-order valence-electron chi connectivity index (χ4n) is 1.96. The van der Waals surface area contributed by atoms with Gasteiger partial charge in [0.05, 0.1) is 5.69 Å². The quantitative estimate of drug-likeness (QED) is 0.775. The number of nitrogens with zero attached hydrogens (tertiary/aromatic N) is 3. The number of anilines is 2. The Morgan fingerprint density at radius 2 is 1.96 bits per heavy atom. The average molecular weight is 309 g/mol. The van der Waals surface area contributed by atoms with Crippen molar-refractivity contribution < 1.29 is 9.18 Å². The molecule has 2 aromatic heterocycles. The van der Waals surface area contributed by atoms with Gasteiger partial charge in [0.1, 0.15) is 17.2 Å². The van der Waals surface area contributed by atoms with Crippen molar-refractivity contribution in [1.82, 2.24) is 15.0 Å². The van der Waals surface area contributed by atoms with Crippen LogP contribution in [0.5, 0.6) is 0 Å². The van der Waals surface area contributed by atoms with Gasteiger partial charge in [0.15, 0.2) is 5.82 Å². The van der Waals surface area contributed by atoms with Crippen molar-refractivity contribution in [1.29, 1.82) is 0 Å². The minimum absolute atomic E-state index is 0.00712. The minimum atomic E-state index is -0.578. The molecule has 0 fully saturated rings. The molecule has 114 valence electrons. The molecule has 6 nitrogen and oxygen atoms in total. The Kier molecular flexibility index (Phi) is 3.92. The Bertz CT molecular complexity index is 854. The van der Waals surface area contributed by atoms with Crippen molar-refractivity contribution in [2.45, 2.75) is 0 Å². The summed E-state index contributed by atoms with van der Waals surface area (Å²) in [6.45, 7) is 0. The van der Waals surface area contributed by atoms with E-state index in [1.807, 2.05) is 0 Å². The van der Waals surface area contributed by atoms with E-state index in [2.05, 4.69) is 20.3 Å². The number of halogens is 1. The monoisotopic (exact) mass is 309 g/mol. The van der Waals surface area contributed by atoms with Gasteiger partial charge >= 0.3 is 0 Å². The molecule has 0 saturated carbocycles. The van der Waals surface area contributed by atoms with E-state index in [-0.39, 0.29) is 17.1 Å². The van der Waals surface area contributed by atoms with Crippen LogP contribution in [-0.2, 0) is 0 Å². The summed E-state index contributed by atoms with van der Waals surface area (Å²) in [5.41, 5.74) is 6.64. The lowest BCUT2D eigenvalue weighted by Gasteiger charge is -2.08. The molecule has 0 spiro atoms. The maximum Gasteiger partial charge on any atom is 0.261 e. The third-order valence-corrected chi connectivity index (χ3v) is 3.10. The highest BCUT2D eigenvalue weighted by Gasteiger charge is 2.15. The molecular formula is C16H12FN5O. The zero-order chi connectivity index (χ0) is 16.2. The molecule has 0 unspecified atom stereocenters. The number of carbonyl (C=O) groups excluding carboxylic acids is 1. The van der Waals surface area contributed by atoms with Crippen molar-refractivity contribution in [2.75, 3.05) is 11.1 Å². The number of carbonyl (C=O) groups is 1. The van der Waals surface area contributed by atoms with E-state index in [9.17, 15) is 9.18 Å². The third kappa shape index (κ3) is 3.13. The second-order valence-corrected chi connectivity index (χ2v) is 4.67. The molecule has 3 N–H and O–H groups in total. The van der Waals surface area contributed by atoms with E-state index in [1.54, 1.807) is 30.6 Å². The highest BCUT2D eigenvalue weighted by atomic mass is 19.1. The van der Waals surface area contributed by atoms with Crippen LogP contribution >= 0.6 is 0 Å². The van der Waals surface area contributed by atoms with Gasteiger partial charge in [-0.3, -0.25) is 9.78 Å². The number of hydrogen-bond acceptors (Lipinski definition) is 5. The number of hydrogen-bond donors (Lipinski definition) is 2.